The molecule has 0 fully saturated rings. The molecule has 0 spiro atoms. The molecule has 0 amide bonds. The van der Waals surface area contributed by atoms with Crippen LogP contribution in [0.2, 0.25) is 5.02 Å². The van der Waals surface area contributed by atoms with Gasteiger partial charge in [-0.15, -0.1) is 0 Å². The van der Waals surface area contributed by atoms with Gasteiger partial charge >= 0.3 is 0 Å². The molecule has 96 valence electrons. The fourth-order valence-electron chi connectivity index (χ4n) is 1.85. The molecule has 0 bridgehead atoms. The lowest BCUT2D eigenvalue weighted by atomic mass is 10.4. The number of nitrogens with one attached hydrogen (secondary N) is 1. The van der Waals surface area contributed by atoms with E-state index in [4.69, 9.17) is 11.6 Å². The highest BCUT2D eigenvalue weighted by Crippen LogP contribution is 2.11. The summed E-state index contributed by atoms with van der Waals surface area (Å²) in [5, 5.41) is 11.8. The third kappa shape index (κ3) is 2.89. The number of fused-ring (bicyclic) bond motifs is 1. The van der Waals surface area contributed by atoms with Crippen LogP contribution in [0.5, 0.6) is 0 Å². The first-order valence-electron chi connectivity index (χ1n) is 5.92. The Hall–Kier alpha value is -1.98. The first kappa shape index (κ1) is 12.1. The van der Waals surface area contributed by atoms with Gasteiger partial charge in [-0.25, -0.2) is 4.98 Å². The molecule has 0 unspecified atom stereocenters. The molecule has 3 rings (SSSR count). The van der Waals surface area contributed by atoms with Crippen LogP contribution >= 0.6 is 11.6 Å². The lowest BCUT2D eigenvalue weighted by Crippen LogP contribution is -2.14. The van der Waals surface area contributed by atoms with E-state index in [1.54, 1.807) is 6.20 Å². The zero-order valence-corrected chi connectivity index (χ0v) is 10.9. The summed E-state index contributed by atoms with van der Waals surface area (Å²) in [6.45, 7) is 1.35. The van der Waals surface area contributed by atoms with Crippen LogP contribution in [0.1, 0.15) is 11.4 Å². The Morgan fingerprint density at radius 2 is 2.00 bits per heavy atom. The highest BCUT2D eigenvalue weighted by molar-refractivity contribution is 6.30. The van der Waals surface area contributed by atoms with E-state index in [0.717, 1.165) is 17.0 Å². The monoisotopic (exact) mass is 273 g/mol. The van der Waals surface area contributed by atoms with E-state index in [1.165, 1.54) is 0 Å². The van der Waals surface area contributed by atoms with E-state index >= 15 is 0 Å². The predicted molar refractivity (Wildman–Crippen MR) is 72.8 cm³/mol. The number of hydrogen-bond acceptors (Lipinski definition) is 4. The summed E-state index contributed by atoms with van der Waals surface area (Å²) in [4.78, 5) is 4.49. The van der Waals surface area contributed by atoms with Crippen LogP contribution in [-0.4, -0.2) is 19.6 Å². The van der Waals surface area contributed by atoms with Gasteiger partial charge in [0.2, 0.25) is 0 Å². The fraction of sp³-hybridized carbons (Fsp3) is 0.154. The molecule has 0 atom stereocenters. The van der Waals surface area contributed by atoms with E-state index in [9.17, 15) is 0 Å². The van der Waals surface area contributed by atoms with Gasteiger partial charge in [-0.3, -0.25) is 0 Å². The molecule has 0 aromatic carbocycles. The van der Waals surface area contributed by atoms with Crippen molar-refractivity contribution in [1.82, 2.24) is 24.9 Å². The van der Waals surface area contributed by atoms with Crippen molar-refractivity contribution in [3.8, 4) is 0 Å². The van der Waals surface area contributed by atoms with E-state index < -0.39 is 0 Å². The highest BCUT2D eigenvalue weighted by atomic mass is 35.5. The van der Waals surface area contributed by atoms with Crippen LogP contribution in [0.3, 0.4) is 0 Å². The molecule has 0 aliphatic rings. The molecule has 3 aromatic heterocycles. The average molecular weight is 274 g/mol. The number of rotatable bonds is 4. The van der Waals surface area contributed by atoms with Crippen molar-refractivity contribution in [2.45, 2.75) is 13.1 Å². The van der Waals surface area contributed by atoms with E-state index in [1.807, 2.05) is 41.1 Å². The van der Waals surface area contributed by atoms with Gasteiger partial charge in [-0.05, 0) is 24.3 Å². The average Bonchev–Trinajstić information content (AvgIpc) is 2.82. The standard InChI is InChI=1S/C13H12ClN5/c14-10-3-4-13-17-12(9-19(13)8-10)7-15-6-11-2-1-5-16-18-11/h1-5,8-9,15H,6-7H2. The van der Waals surface area contributed by atoms with Gasteiger partial charge in [0, 0.05) is 31.7 Å². The van der Waals surface area contributed by atoms with Gasteiger partial charge < -0.3 is 9.72 Å². The molecule has 6 heteroatoms. The summed E-state index contributed by atoms with van der Waals surface area (Å²) in [5.41, 5.74) is 2.76. The summed E-state index contributed by atoms with van der Waals surface area (Å²) in [6.07, 6.45) is 5.47. The van der Waals surface area contributed by atoms with Gasteiger partial charge in [0.15, 0.2) is 0 Å². The second-order valence-corrected chi connectivity index (χ2v) is 4.60. The van der Waals surface area contributed by atoms with Crippen molar-refractivity contribution in [2.24, 2.45) is 0 Å². The van der Waals surface area contributed by atoms with Gasteiger partial charge in [-0.2, -0.15) is 10.2 Å². The SMILES string of the molecule is Clc1ccc2nc(CNCc3cccnn3)cn2c1. The zero-order valence-electron chi connectivity index (χ0n) is 10.1. The molecule has 3 heterocycles. The highest BCUT2D eigenvalue weighted by Gasteiger charge is 2.02. The smallest absolute Gasteiger partial charge is 0.137 e. The topological polar surface area (TPSA) is 55.1 Å². The van der Waals surface area contributed by atoms with Crippen molar-refractivity contribution in [2.75, 3.05) is 0 Å². The summed E-state index contributed by atoms with van der Waals surface area (Å²) >= 11 is 5.93. The molecule has 1 N–H and O–H groups in total. The lowest BCUT2D eigenvalue weighted by Gasteiger charge is -2.00. The van der Waals surface area contributed by atoms with Crippen molar-refractivity contribution in [3.05, 3.63) is 59.3 Å². The number of hydrogen-bond donors (Lipinski definition) is 1. The number of imidazole rings is 1. The molecule has 19 heavy (non-hydrogen) atoms. The van der Waals surface area contributed by atoms with Crippen LogP contribution in [0.4, 0.5) is 0 Å². The lowest BCUT2D eigenvalue weighted by molar-refractivity contribution is 0.661. The van der Waals surface area contributed by atoms with Crippen molar-refractivity contribution in [3.63, 3.8) is 0 Å². The van der Waals surface area contributed by atoms with Crippen molar-refractivity contribution in [1.29, 1.82) is 0 Å². The second kappa shape index (κ2) is 5.34. The molecule has 0 saturated carbocycles. The largest absolute Gasteiger partial charge is 0.305 e. The van der Waals surface area contributed by atoms with E-state index in [-0.39, 0.29) is 0 Å². The Bertz CT molecular complexity index is 680. The van der Waals surface area contributed by atoms with Crippen LogP contribution < -0.4 is 5.32 Å². The normalized spacial score (nSPS) is 11.0. The van der Waals surface area contributed by atoms with Crippen molar-refractivity contribution >= 4 is 17.2 Å². The second-order valence-electron chi connectivity index (χ2n) is 4.16. The number of aromatic nitrogens is 4. The van der Waals surface area contributed by atoms with Gasteiger partial charge in [0.1, 0.15) is 5.65 Å². The Kier molecular flexibility index (Phi) is 3.39. The molecular weight excluding hydrogens is 262 g/mol. The third-order valence-corrected chi connectivity index (χ3v) is 2.93. The molecule has 0 radical (unpaired) electrons. The fourth-order valence-corrected chi connectivity index (χ4v) is 2.02. The summed E-state index contributed by atoms with van der Waals surface area (Å²) < 4.78 is 1.92. The first-order chi connectivity index (χ1) is 9.31. The maximum atomic E-state index is 5.93. The Labute approximate surface area is 115 Å². The quantitative estimate of drug-likeness (QED) is 0.791. The molecule has 0 aliphatic carbocycles. The Morgan fingerprint density at radius 3 is 2.84 bits per heavy atom. The van der Waals surface area contributed by atoms with Gasteiger partial charge in [0.05, 0.1) is 16.4 Å². The van der Waals surface area contributed by atoms with Gasteiger partial charge in [0.25, 0.3) is 0 Å². The molecule has 0 saturated heterocycles. The van der Waals surface area contributed by atoms with E-state index in [0.29, 0.717) is 18.1 Å². The van der Waals surface area contributed by atoms with Crippen LogP contribution in [0, 0.1) is 0 Å². The minimum Gasteiger partial charge on any atom is -0.305 e. The predicted octanol–water partition coefficient (Wildman–Crippen LogP) is 2.07. The molecule has 5 nitrogen and oxygen atoms in total. The van der Waals surface area contributed by atoms with E-state index in [2.05, 4.69) is 20.5 Å². The van der Waals surface area contributed by atoms with Crippen LogP contribution in [0.15, 0.2) is 42.9 Å². The van der Waals surface area contributed by atoms with Gasteiger partial charge in [-0.1, -0.05) is 11.6 Å². The maximum absolute atomic E-state index is 5.93. The first-order valence-corrected chi connectivity index (χ1v) is 6.29. The Balaban J connectivity index is 1.65. The zero-order chi connectivity index (χ0) is 13.1. The minimum atomic E-state index is 0.669. The molecular formula is C13H12ClN5. The third-order valence-electron chi connectivity index (χ3n) is 2.70. The maximum Gasteiger partial charge on any atom is 0.137 e. The number of nitrogens with zero attached hydrogens (tertiary/aromatic N) is 4. The minimum absolute atomic E-state index is 0.669. The Morgan fingerprint density at radius 1 is 1.11 bits per heavy atom. The summed E-state index contributed by atoms with van der Waals surface area (Å²) in [5.74, 6) is 0. The van der Waals surface area contributed by atoms with Crippen LogP contribution in [-0.2, 0) is 13.1 Å². The molecule has 3 aromatic rings. The summed E-state index contributed by atoms with van der Waals surface area (Å²) in [6, 6.07) is 7.54. The number of halogens is 1. The number of pyridine rings is 1. The molecule has 0 aliphatic heterocycles. The summed E-state index contributed by atoms with van der Waals surface area (Å²) in [7, 11) is 0. The van der Waals surface area contributed by atoms with Crippen molar-refractivity contribution < 1.29 is 0 Å². The van der Waals surface area contributed by atoms with Crippen LogP contribution in [0.25, 0.3) is 5.65 Å².